The van der Waals surface area contributed by atoms with Crippen LogP contribution in [-0.2, 0) is 20.9 Å². The summed E-state index contributed by atoms with van der Waals surface area (Å²) in [5.74, 6) is -1.67. The molecule has 0 aliphatic heterocycles. The summed E-state index contributed by atoms with van der Waals surface area (Å²) in [6.07, 6.45) is 0.0417. The number of ketones is 1. The van der Waals surface area contributed by atoms with Crippen LogP contribution in [0.4, 0.5) is 0 Å². The number of carbonyl (C=O) groups is 2. The Morgan fingerprint density at radius 1 is 1.46 bits per heavy atom. The average molecular weight is 408 g/mol. The summed E-state index contributed by atoms with van der Waals surface area (Å²) in [6.45, 7) is 1.20. The van der Waals surface area contributed by atoms with Crippen molar-refractivity contribution in [2.75, 3.05) is 6.54 Å². The van der Waals surface area contributed by atoms with Gasteiger partial charge in [-0.2, -0.15) is 4.98 Å². The van der Waals surface area contributed by atoms with E-state index in [1.165, 1.54) is 0 Å². The van der Waals surface area contributed by atoms with Crippen LogP contribution in [0.15, 0.2) is 28.8 Å². The lowest BCUT2D eigenvalue weighted by Gasteiger charge is -2.16. The van der Waals surface area contributed by atoms with Gasteiger partial charge in [0.1, 0.15) is 5.78 Å². The molecule has 0 spiro atoms. The van der Waals surface area contributed by atoms with Gasteiger partial charge in [0.2, 0.25) is 12.4 Å². The highest BCUT2D eigenvalue weighted by Crippen LogP contribution is 2.36. The predicted molar refractivity (Wildman–Crippen MR) is 96.8 cm³/mol. The normalized spacial score (nSPS) is 21.6. The Kier molecular flexibility index (Phi) is 6.03. The van der Waals surface area contributed by atoms with Gasteiger partial charge in [0.25, 0.3) is 5.89 Å². The van der Waals surface area contributed by atoms with E-state index in [1.807, 2.05) is 0 Å². The summed E-state index contributed by atoms with van der Waals surface area (Å²) in [6, 6.07) is 6.89. The van der Waals surface area contributed by atoms with Gasteiger partial charge >= 0.3 is 5.97 Å². The number of benzene rings is 1. The highest BCUT2D eigenvalue weighted by atomic mass is 35.5. The van der Waals surface area contributed by atoms with Crippen LogP contribution in [0.5, 0.6) is 0 Å². The zero-order valence-electron chi connectivity index (χ0n) is 15.0. The van der Waals surface area contributed by atoms with Crippen LogP contribution in [0, 0.1) is 27.9 Å². The molecule has 0 radical (unpaired) electrons. The minimum absolute atomic E-state index is 0.0938. The number of aromatic nitrogens is 2. The molecule has 1 aliphatic carbocycles. The number of carbonyl (C=O) groups excluding carboxylic acids is 2. The number of hydrogen-bond donors (Lipinski definition) is 0. The van der Waals surface area contributed by atoms with E-state index < -0.39 is 22.7 Å². The molecule has 1 aromatic heterocycles. The Labute approximate surface area is 165 Å². The van der Waals surface area contributed by atoms with Crippen LogP contribution in [0.2, 0.25) is 5.02 Å². The second kappa shape index (κ2) is 8.47. The predicted octanol–water partition coefficient (Wildman–Crippen LogP) is 2.94. The quantitative estimate of drug-likeness (QED) is 0.389. The molecule has 0 bridgehead atoms. The van der Waals surface area contributed by atoms with Crippen molar-refractivity contribution >= 4 is 23.4 Å². The highest BCUT2D eigenvalue weighted by Gasteiger charge is 2.44. The molecule has 3 atom stereocenters. The molecule has 0 unspecified atom stereocenters. The van der Waals surface area contributed by atoms with Crippen molar-refractivity contribution in [3.8, 4) is 11.4 Å². The fraction of sp³-hybridized carbons (Fsp3) is 0.444. The maximum Gasteiger partial charge on any atom is 0.307 e. The Morgan fingerprint density at radius 2 is 2.25 bits per heavy atom. The van der Waals surface area contributed by atoms with Crippen LogP contribution in [0.3, 0.4) is 0 Å². The average Bonchev–Trinajstić information content (AvgIpc) is 3.20. The molecule has 1 fully saturated rings. The number of hydrogen-bond acceptors (Lipinski definition) is 8. The number of nitrogens with zero attached hydrogens (tertiary/aromatic N) is 3. The Morgan fingerprint density at radius 3 is 2.96 bits per heavy atom. The minimum atomic E-state index is -0.697. The molecule has 0 N–H and O–H groups in total. The van der Waals surface area contributed by atoms with E-state index in [0.29, 0.717) is 16.4 Å². The number of nitro groups is 1. The van der Waals surface area contributed by atoms with E-state index in [1.54, 1.807) is 31.2 Å². The van der Waals surface area contributed by atoms with Gasteiger partial charge in [0.15, 0.2) is 6.61 Å². The first-order valence-corrected chi connectivity index (χ1v) is 9.10. The number of rotatable bonds is 7. The number of ether oxygens (including phenoxy) is 1. The van der Waals surface area contributed by atoms with Crippen molar-refractivity contribution in [2.24, 2.45) is 17.8 Å². The van der Waals surface area contributed by atoms with Crippen molar-refractivity contribution in [3.63, 3.8) is 0 Å². The van der Waals surface area contributed by atoms with E-state index in [2.05, 4.69) is 10.1 Å². The van der Waals surface area contributed by atoms with Gasteiger partial charge < -0.3 is 9.26 Å². The highest BCUT2D eigenvalue weighted by molar-refractivity contribution is 6.30. The molecule has 1 aliphatic rings. The third-order valence-electron chi connectivity index (χ3n) is 4.84. The first kappa shape index (κ1) is 19.9. The SMILES string of the molecule is C[C@H]1CC(=O)[C@@H](CC(=O)OCc2nc(-c3cccc(Cl)c3)no2)[C@@H]1C[N+](=O)[O-]. The van der Waals surface area contributed by atoms with Crippen LogP contribution >= 0.6 is 11.6 Å². The lowest BCUT2D eigenvalue weighted by atomic mass is 9.88. The summed E-state index contributed by atoms with van der Waals surface area (Å²) in [5, 5.41) is 15.2. The number of esters is 1. The molecule has 3 rings (SSSR count). The zero-order chi connectivity index (χ0) is 20.3. The lowest BCUT2D eigenvalue weighted by molar-refractivity contribution is -0.490. The monoisotopic (exact) mass is 407 g/mol. The van der Waals surface area contributed by atoms with Gasteiger partial charge in [-0.15, -0.1) is 0 Å². The van der Waals surface area contributed by atoms with E-state index in [4.69, 9.17) is 20.9 Å². The summed E-state index contributed by atoms with van der Waals surface area (Å²) in [4.78, 5) is 38.7. The lowest BCUT2D eigenvalue weighted by Crippen LogP contribution is -2.27. The summed E-state index contributed by atoms with van der Waals surface area (Å²) in [7, 11) is 0. The first-order chi connectivity index (χ1) is 13.3. The summed E-state index contributed by atoms with van der Waals surface area (Å²) < 4.78 is 10.2. The van der Waals surface area contributed by atoms with E-state index >= 15 is 0 Å². The molecule has 0 saturated heterocycles. The van der Waals surface area contributed by atoms with Crippen molar-refractivity contribution in [1.29, 1.82) is 0 Å². The third-order valence-corrected chi connectivity index (χ3v) is 5.07. The van der Waals surface area contributed by atoms with E-state index in [-0.39, 0.29) is 43.6 Å². The van der Waals surface area contributed by atoms with Crippen LogP contribution < -0.4 is 0 Å². The maximum atomic E-state index is 12.1. The van der Waals surface area contributed by atoms with Crippen molar-refractivity contribution in [1.82, 2.24) is 10.1 Å². The molecule has 1 saturated carbocycles. The molecule has 0 amide bonds. The smallest absolute Gasteiger partial charge is 0.307 e. The minimum Gasteiger partial charge on any atom is -0.456 e. The molecular formula is C18H18ClN3O6. The fourth-order valence-electron chi connectivity index (χ4n) is 3.44. The van der Waals surface area contributed by atoms with Gasteiger partial charge in [0, 0.05) is 33.8 Å². The number of Topliss-reactive ketones (excluding diaryl/α,β-unsaturated/α-hetero) is 1. The molecule has 10 heteroatoms. The second-order valence-electron chi connectivity index (χ2n) is 6.82. The van der Waals surface area contributed by atoms with Gasteiger partial charge in [-0.05, 0) is 18.1 Å². The molecule has 148 valence electrons. The van der Waals surface area contributed by atoms with Gasteiger partial charge in [-0.25, -0.2) is 0 Å². The van der Waals surface area contributed by atoms with Crippen LogP contribution in [0.1, 0.15) is 25.7 Å². The largest absolute Gasteiger partial charge is 0.456 e. The molecule has 2 aromatic rings. The summed E-state index contributed by atoms with van der Waals surface area (Å²) >= 11 is 5.93. The van der Waals surface area contributed by atoms with Crippen molar-refractivity contribution in [3.05, 3.63) is 45.3 Å². The first-order valence-electron chi connectivity index (χ1n) is 8.72. The van der Waals surface area contributed by atoms with Crippen molar-refractivity contribution < 1.29 is 23.8 Å². The Hall–Kier alpha value is -2.81. The maximum absolute atomic E-state index is 12.1. The topological polar surface area (TPSA) is 125 Å². The van der Waals surface area contributed by atoms with E-state index in [9.17, 15) is 19.7 Å². The van der Waals surface area contributed by atoms with Gasteiger partial charge in [-0.3, -0.25) is 19.7 Å². The third kappa shape index (κ3) is 4.72. The number of halogens is 1. The Balaban J connectivity index is 1.57. The van der Waals surface area contributed by atoms with E-state index in [0.717, 1.165) is 0 Å². The van der Waals surface area contributed by atoms with Gasteiger partial charge in [-0.1, -0.05) is 35.8 Å². The molecule has 1 aromatic carbocycles. The molecular weight excluding hydrogens is 390 g/mol. The second-order valence-corrected chi connectivity index (χ2v) is 7.26. The molecule has 1 heterocycles. The molecule has 28 heavy (non-hydrogen) atoms. The standard InChI is InChI=1S/C18H18ClN3O6/c1-10-5-15(23)13(14(10)8-22(25)26)7-17(24)27-9-16-20-18(21-28-16)11-3-2-4-12(19)6-11/h2-4,6,10,13-14H,5,7-9H2,1H3/t10-,13-,14+/m0/s1. The van der Waals surface area contributed by atoms with Crippen LogP contribution in [0.25, 0.3) is 11.4 Å². The fourth-order valence-corrected chi connectivity index (χ4v) is 3.63. The summed E-state index contributed by atoms with van der Waals surface area (Å²) in [5.41, 5.74) is 0.655. The van der Waals surface area contributed by atoms with Crippen LogP contribution in [-0.4, -0.2) is 33.4 Å². The zero-order valence-corrected chi connectivity index (χ0v) is 15.8. The van der Waals surface area contributed by atoms with Gasteiger partial charge in [0.05, 0.1) is 6.42 Å². The Bertz CT molecular complexity index is 899. The molecule has 9 nitrogen and oxygen atoms in total. The van der Waals surface area contributed by atoms with Crippen molar-refractivity contribution in [2.45, 2.75) is 26.4 Å².